The van der Waals surface area contributed by atoms with Gasteiger partial charge >= 0.3 is 5.97 Å². The first-order chi connectivity index (χ1) is 9.31. The number of carboxylic acid groups (broad SMARTS) is 1. The number of aliphatic hydroxyl groups excluding tert-OH is 2. The third kappa shape index (κ3) is 5.36. The number of aliphatic hydroxyl groups is 2. The van der Waals surface area contributed by atoms with Gasteiger partial charge in [0.15, 0.2) is 6.29 Å². The van der Waals surface area contributed by atoms with E-state index >= 15 is 0 Å². The molecule has 118 valence electrons. The molecule has 0 spiro atoms. The zero-order chi connectivity index (χ0) is 15.3. The molecule has 1 saturated heterocycles. The van der Waals surface area contributed by atoms with E-state index in [-0.39, 0.29) is 31.0 Å². The molecule has 0 radical (unpaired) electrons. The molecule has 0 aliphatic carbocycles. The Bertz CT molecular complexity index is 308. The van der Waals surface area contributed by atoms with Crippen molar-refractivity contribution in [2.24, 2.45) is 5.92 Å². The highest BCUT2D eigenvalue weighted by atomic mass is 16.7. The van der Waals surface area contributed by atoms with Crippen LogP contribution in [0, 0.1) is 5.92 Å². The van der Waals surface area contributed by atoms with Crippen LogP contribution in [0.2, 0.25) is 0 Å². The van der Waals surface area contributed by atoms with Gasteiger partial charge in [0.05, 0.1) is 18.3 Å². The summed E-state index contributed by atoms with van der Waals surface area (Å²) in [5, 5.41) is 28.0. The summed E-state index contributed by atoms with van der Waals surface area (Å²) in [6.07, 6.45) is -1.01. The molecule has 3 N–H and O–H groups in total. The van der Waals surface area contributed by atoms with Crippen molar-refractivity contribution in [3.05, 3.63) is 0 Å². The fourth-order valence-electron chi connectivity index (χ4n) is 2.22. The molecule has 0 amide bonds. The minimum Gasteiger partial charge on any atom is -0.481 e. The van der Waals surface area contributed by atoms with Gasteiger partial charge in [0.2, 0.25) is 0 Å². The van der Waals surface area contributed by atoms with Crippen LogP contribution in [-0.4, -0.2) is 52.0 Å². The number of ether oxygens (including phenoxy) is 2. The molecule has 1 aliphatic heterocycles. The lowest BCUT2D eigenvalue weighted by Crippen LogP contribution is -2.48. The first-order valence-electron chi connectivity index (χ1n) is 7.20. The summed E-state index contributed by atoms with van der Waals surface area (Å²) in [5.74, 6) is -0.619. The minimum absolute atomic E-state index is 0.147. The van der Waals surface area contributed by atoms with Crippen LogP contribution in [0.3, 0.4) is 0 Å². The predicted molar refractivity (Wildman–Crippen MR) is 72.2 cm³/mol. The quantitative estimate of drug-likeness (QED) is 0.650. The highest BCUT2D eigenvalue weighted by molar-refractivity contribution is 5.66. The fourth-order valence-corrected chi connectivity index (χ4v) is 2.22. The maximum Gasteiger partial charge on any atom is 0.303 e. The number of aliphatic carboxylic acids is 1. The van der Waals surface area contributed by atoms with E-state index in [2.05, 4.69) is 0 Å². The number of hydrogen-bond donors (Lipinski definition) is 3. The van der Waals surface area contributed by atoms with Crippen molar-refractivity contribution in [2.45, 2.75) is 77.2 Å². The van der Waals surface area contributed by atoms with Crippen molar-refractivity contribution >= 4 is 5.97 Å². The Balaban J connectivity index is 2.36. The summed E-state index contributed by atoms with van der Waals surface area (Å²) >= 11 is 0. The van der Waals surface area contributed by atoms with Gasteiger partial charge in [0.1, 0.15) is 6.10 Å². The van der Waals surface area contributed by atoms with Crippen molar-refractivity contribution in [1.29, 1.82) is 0 Å². The lowest BCUT2D eigenvalue weighted by molar-refractivity contribution is -0.277. The molecule has 1 heterocycles. The molecule has 3 unspecified atom stereocenters. The third-order valence-electron chi connectivity index (χ3n) is 3.89. The molecule has 0 aromatic rings. The van der Waals surface area contributed by atoms with Gasteiger partial charge in [0.25, 0.3) is 0 Å². The van der Waals surface area contributed by atoms with E-state index in [9.17, 15) is 15.0 Å². The zero-order valence-corrected chi connectivity index (χ0v) is 12.4. The van der Waals surface area contributed by atoms with Gasteiger partial charge in [0, 0.05) is 12.8 Å². The van der Waals surface area contributed by atoms with Crippen LogP contribution < -0.4 is 0 Å². The maximum absolute atomic E-state index is 10.5. The lowest BCUT2D eigenvalue weighted by Gasteiger charge is -2.37. The molecule has 0 aromatic carbocycles. The second kappa shape index (κ2) is 7.93. The molecule has 6 heteroatoms. The Labute approximate surface area is 119 Å². The van der Waals surface area contributed by atoms with Crippen molar-refractivity contribution in [2.75, 3.05) is 0 Å². The molecule has 1 fully saturated rings. The molecule has 6 atom stereocenters. The summed E-state index contributed by atoms with van der Waals surface area (Å²) in [7, 11) is 0. The molecule has 0 bridgehead atoms. The topological polar surface area (TPSA) is 96.2 Å². The molecule has 0 aromatic heterocycles. The van der Waals surface area contributed by atoms with Crippen LogP contribution in [0.5, 0.6) is 0 Å². The van der Waals surface area contributed by atoms with Crippen LogP contribution in [0.4, 0.5) is 0 Å². The Kier molecular flexibility index (Phi) is 6.88. The Morgan fingerprint density at radius 3 is 2.60 bits per heavy atom. The van der Waals surface area contributed by atoms with Crippen LogP contribution in [0.15, 0.2) is 0 Å². The summed E-state index contributed by atoms with van der Waals surface area (Å²) < 4.78 is 11.2. The number of rotatable bonds is 7. The van der Waals surface area contributed by atoms with Gasteiger partial charge in [-0.2, -0.15) is 0 Å². The van der Waals surface area contributed by atoms with Gasteiger partial charge in [-0.15, -0.1) is 0 Å². The molecule has 1 aliphatic rings. The van der Waals surface area contributed by atoms with Crippen LogP contribution >= 0.6 is 0 Å². The normalized spacial score (nSPS) is 33.6. The third-order valence-corrected chi connectivity index (χ3v) is 3.89. The van der Waals surface area contributed by atoms with Crippen molar-refractivity contribution in [3.63, 3.8) is 0 Å². The first kappa shape index (κ1) is 17.4. The Morgan fingerprint density at radius 2 is 2.00 bits per heavy atom. The molecule has 6 nitrogen and oxygen atoms in total. The van der Waals surface area contributed by atoms with E-state index in [1.165, 1.54) is 0 Å². The minimum atomic E-state index is -0.838. The monoisotopic (exact) mass is 290 g/mol. The molecular formula is C14H26O6. The van der Waals surface area contributed by atoms with Crippen LogP contribution in [0.1, 0.15) is 46.5 Å². The van der Waals surface area contributed by atoms with Crippen molar-refractivity contribution in [1.82, 2.24) is 0 Å². The van der Waals surface area contributed by atoms with Crippen LogP contribution in [0.25, 0.3) is 0 Å². The Morgan fingerprint density at radius 1 is 1.35 bits per heavy atom. The highest BCUT2D eigenvalue weighted by Crippen LogP contribution is 2.24. The van der Waals surface area contributed by atoms with Gasteiger partial charge < -0.3 is 24.8 Å². The van der Waals surface area contributed by atoms with E-state index < -0.39 is 24.5 Å². The predicted octanol–water partition coefficient (Wildman–Crippen LogP) is 1.14. The second-order valence-corrected chi connectivity index (χ2v) is 5.68. The molecule has 1 rings (SSSR count). The zero-order valence-electron chi connectivity index (χ0n) is 12.4. The number of carboxylic acids is 1. The van der Waals surface area contributed by atoms with Gasteiger partial charge in [-0.3, -0.25) is 4.79 Å². The summed E-state index contributed by atoms with van der Waals surface area (Å²) in [4.78, 5) is 10.5. The summed E-state index contributed by atoms with van der Waals surface area (Å²) in [6, 6.07) is 0. The fraction of sp³-hybridized carbons (Fsp3) is 0.929. The van der Waals surface area contributed by atoms with Gasteiger partial charge in [-0.1, -0.05) is 6.92 Å². The van der Waals surface area contributed by atoms with E-state index in [1.54, 1.807) is 6.92 Å². The summed E-state index contributed by atoms with van der Waals surface area (Å²) in [5.41, 5.74) is 0. The van der Waals surface area contributed by atoms with E-state index in [4.69, 9.17) is 14.6 Å². The number of hydrogen-bond acceptors (Lipinski definition) is 5. The van der Waals surface area contributed by atoms with E-state index in [0.29, 0.717) is 6.42 Å². The Hall–Kier alpha value is -0.690. The largest absolute Gasteiger partial charge is 0.481 e. The highest BCUT2D eigenvalue weighted by Gasteiger charge is 2.35. The van der Waals surface area contributed by atoms with Crippen molar-refractivity contribution < 1.29 is 29.6 Å². The van der Waals surface area contributed by atoms with Crippen molar-refractivity contribution in [3.8, 4) is 0 Å². The molecular weight excluding hydrogens is 264 g/mol. The number of carbonyl (C=O) groups is 1. The standard InChI is InChI=1S/C14H26O6/c1-8(5-4-6-13(17)18)9(2)19-14-12(16)7-11(15)10(3)20-14/h8-12,14-16H,4-7H2,1-3H3,(H,17,18)/t8?,9-,10?,11-,12+,14?/m1/s1. The van der Waals surface area contributed by atoms with Crippen LogP contribution in [-0.2, 0) is 14.3 Å². The van der Waals surface area contributed by atoms with Gasteiger partial charge in [-0.25, -0.2) is 0 Å². The van der Waals surface area contributed by atoms with E-state index in [0.717, 1.165) is 6.42 Å². The molecule has 20 heavy (non-hydrogen) atoms. The second-order valence-electron chi connectivity index (χ2n) is 5.68. The van der Waals surface area contributed by atoms with Gasteiger partial charge in [-0.05, 0) is 32.6 Å². The maximum atomic E-state index is 10.5. The lowest BCUT2D eigenvalue weighted by atomic mass is 9.98. The molecule has 0 saturated carbocycles. The first-order valence-corrected chi connectivity index (χ1v) is 7.20. The summed E-state index contributed by atoms with van der Waals surface area (Å²) in [6.45, 7) is 5.62. The average Bonchev–Trinajstić information content (AvgIpc) is 2.35. The smallest absolute Gasteiger partial charge is 0.303 e. The van der Waals surface area contributed by atoms with E-state index in [1.807, 2.05) is 13.8 Å². The SMILES string of the molecule is CC1OC(O[C@H](C)C(C)CCCC(=O)O)[C@@H](O)C[C@H]1O. The average molecular weight is 290 g/mol.